The summed E-state index contributed by atoms with van der Waals surface area (Å²) >= 11 is 3.47. The molecule has 2 aromatic carbocycles. The van der Waals surface area contributed by atoms with Crippen molar-refractivity contribution in [1.29, 1.82) is 0 Å². The smallest absolute Gasteiger partial charge is 0.197 e. The van der Waals surface area contributed by atoms with E-state index in [4.69, 9.17) is 9.15 Å². The molecule has 0 spiro atoms. The zero-order chi connectivity index (χ0) is 21.6. The van der Waals surface area contributed by atoms with Crippen LogP contribution in [0.25, 0.3) is 22.3 Å². The number of hydrogen-bond donors (Lipinski definition) is 3. The number of nitrogens with zero attached hydrogens (tertiary/aromatic N) is 1. The Kier molecular flexibility index (Phi) is 5.48. The van der Waals surface area contributed by atoms with Gasteiger partial charge in [0, 0.05) is 39.7 Å². The van der Waals surface area contributed by atoms with Gasteiger partial charge >= 0.3 is 0 Å². The number of phenolic OH excluding ortho intramolecular Hbond substituents is 2. The Balaban J connectivity index is 2.01. The Hall–Kier alpha value is -2.55. The van der Waals surface area contributed by atoms with Crippen molar-refractivity contribution >= 4 is 26.9 Å². The lowest BCUT2D eigenvalue weighted by Crippen LogP contribution is -2.32. The SMILES string of the molecule is COc1ccc(Br)c(-c2cc(=O)c3c(O)cc(O)c([C@@H]4CCN(C)[C@H]4CO)c3o2)c1. The van der Waals surface area contributed by atoms with Crippen molar-refractivity contribution in [2.75, 3.05) is 27.3 Å². The van der Waals surface area contributed by atoms with Gasteiger partial charge in [0.25, 0.3) is 0 Å². The van der Waals surface area contributed by atoms with E-state index in [0.717, 1.165) is 6.54 Å². The number of likely N-dealkylation sites (N-methyl/N-ethyl adjacent to an activating group) is 1. The van der Waals surface area contributed by atoms with E-state index in [-0.39, 0.29) is 46.8 Å². The highest BCUT2D eigenvalue weighted by Gasteiger charge is 2.36. The average Bonchev–Trinajstić information content (AvgIpc) is 3.07. The van der Waals surface area contributed by atoms with Gasteiger partial charge in [0.2, 0.25) is 0 Å². The number of benzene rings is 2. The van der Waals surface area contributed by atoms with Gasteiger partial charge in [-0.2, -0.15) is 0 Å². The van der Waals surface area contributed by atoms with E-state index in [0.29, 0.717) is 27.8 Å². The van der Waals surface area contributed by atoms with Crippen molar-refractivity contribution in [3.05, 3.63) is 50.6 Å². The molecule has 0 radical (unpaired) electrons. The quantitative estimate of drug-likeness (QED) is 0.530. The number of ether oxygens (including phenoxy) is 1. The number of halogens is 1. The van der Waals surface area contributed by atoms with Crippen LogP contribution in [0.3, 0.4) is 0 Å². The second-order valence-corrected chi connectivity index (χ2v) is 8.33. The number of aliphatic hydroxyl groups is 1. The zero-order valence-electron chi connectivity index (χ0n) is 16.6. The van der Waals surface area contributed by atoms with Crippen molar-refractivity contribution in [3.63, 3.8) is 0 Å². The van der Waals surface area contributed by atoms with Gasteiger partial charge in [-0.15, -0.1) is 0 Å². The minimum atomic E-state index is -0.424. The number of aliphatic hydroxyl groups excluding tert-OH is 1. The Bertz CT molecular complexity index is 1170. The third kappa shape index (κ3) is 3.34. The maximum Gasteiger partial charge on any atom is 0.197 e. The first-order valence-electron chi connectivity index (χ1n) is 9.53. The summed E-state index contributed by atoms with van der Waals surface area (Å²) in [5, 5.41) is 30.9. The van der Waals surface area contributed by atoms with Gasteiger partial charge in [-0.25, -0.2) is 0 Å². The highest BCUT2D eigenvalue weighted by atomic mass is 79.9. The standard InChI is InChI=1S/C22H22BrNO6/c1-24-6-5-12(15(24)10-25)20-16(26)8-17(27)21-18(28)9-19(30-22(20)21)13-7-11(29-2)3-4-14(13)23/h3-4,7-9,12,15,25-27H,5-6,10H2,1-2H3/t12-,15+/m1/s1. The molecule has 1 fully saturated rings. The van der Waals surface area contributed by atoms with Crippen LogP contribution in [-0.4, -0.2) is 53.6 Å². The fourth-order valence-electron chi connectivity index (χ4n) is 4.24. The topological polar surface area (TPSA) is 103 Å². The van der Waals surface area contributed by atoms with E-state index >= 15 is 0 Å². The molecule has 30 heavy (non-hydrogen) atoms. The van der Waals surface area contributed by atoms with Crippen molar-refractivity contribution in [3.8, 4) is 28.6 Å². The first-order chi connectivity index (χ1) is 14.3. The first-order valence-corrected chi connectivity index (χ1v) is 10.3. The van der Waals surface area contributed by atoms with Gasteiger partial charge in [0.15, 0.2) is 5.43 Å². The summed E-state index contributed by atoms with van der Waals surface area (Å²) < 4.78 is 12.1. The molecular weight excluding hydrogens is 454 g/mol. The van der Waals surface area contributed by atoms with Crippen molar-refractivity contribution in [2.45, 2.75) is 18.4 Å². The predicted molar refractivity (Wildman–Crippen MR) is 116 cm³/mol. The number of methoxy groups -OCH3 is 1. The van der Waals surface area contributed by atoms with Gasteiger partial charge in [0.1, 0.15) is 34.0 Å². The summed E-state index contributed by atoms with van der Waals surface area (Å²) in [6.07, 6.45) is 0.673. The van der Waals surface area contributed by atoms with Gasteiger partial charge in [-0.1, -0.05) is 15.9 Å². The minimum absolute atomic E-state index is 0.0109. The van der Waals surface area contributed by atoms with Crippen LogP contribution in [-0.2, 0) is 0 Å². The Morgan fingerprint density at radius 1 is 1.23 bits per heavy atom. The van der Waals surface area contributed by atoms with Crippen LogP contribution in [0, 0.1) is 0 Å². The van der Waals surface area contributed by atoms with Gasteiger partial charge in [-0.3, -0.25) is 4.79 Å². The number of hydrogen-bond acceptors (Lipinski definition) is 7. The molecule has 0 aliphatic carbocycles. The predicted octanol–water partition coefficient (Wildman–Crippen LogP) is 3.42. The number of phenols is 2. The van der Waals surface area contributed by atoms with Crippen LogP contribution in [0.4, 0.5) is 0 Å². The molecule has 0 unspecified atom stereocenters. The van der Waals surface area contributed by atoms with Crippen LogP contribution in [0.1, 0.15) is 17.9 Å². The van der Waals surface area contributed by atoms with Gasteiger partial charge in [-0.05, 0) is 38.2 Å². The Morgan fingerprint density at radius 3 is 2.70 bits per heavy atom. The van der Waals surface area contributed by atoms with Crippen molar-refractivity contribution < 1.29 is 24.5 Å². The van der Waals surface area contributed by atoms with Crippen LogP contribution >= 0.6 is 15.9 Å². The van der Waals surface area contributed by atoms with E-state index in [2.05, 4.69) is 15.9 Å². The molecule has 158 valence electrons. The van der Waals surface area contributed by atoms with Crippen LogP contribution in [0.2, 0.25) is 0 Å². The largest absolute Gasteiger partial charge is 0.507 e. The zero-order valence-corrected chi connectivity index (χ0v) is 18.1. The summed E-state index contributed by atoms with van der Waals surface area (Å²) in [7, 11) is 3.44. The number of rotatable bonds is 4. The molecule has 1 saturated heterocycles. The van der Waals surface area contributed by atoms with E-state index < -0.39 is 5.43 Å². The highest BCUT2D eigenvalue weighted by molar-refractivity contribution is 9.10. The molecular formula is C22H22BrNO6. The number of aromatic hydroxyl groups is 2. The third-order valence-corrected chi connectivity index (χ3v) is 6.51. The van der Waals surface area contributed by atoms with Gasteiger partial charge in [0.05, 0.1) is 13.7 Å². The van der Waals surface area contributed by atoms with Crippen LogP contribution in [0.15, 0.2) is 44.0 Å². The lowest BCUT2D eigenvalue weighted by atomic mass is 9.89. The lowest BCUT2D eigenvalue weighted by molar-refractivity contribution is 0.172. The Morgan fingerprint density at radius 2 is 2.00 bits per heavy atom. The second kappa shape index (κ2) is 7.94. The molecule has 2 heterocycles. The van der Waals surface area contributed by atoms with Crippen LogP contribution in [0.5, 0.6) is 17.2 Å². The molecule has 4 rings (SSSR count). The first kappa shape index (κ1) is 20.7. The fraction of sp³-hybridized carbons (Fsp3) is 0.318. The molecule has 1 aromatic heterocycles. The fourth-order valence-corrected chi connectivity index (χ4v) is 4.69. The minimum Gasteiger partial charge on any atom is -0.507 e. The average molecular weight is 476 g/mol. The van der Waals surface area contributed by atoms with E-state index in [1.54, 1.807) is 25.3 Å². The van der Waals surface area contributed by atoms with Crippen LogP contribution < -0.4 is 10.2 Å². The molecule has 0 saturated carbocycles. The van der Waals surface area contributed by atoms with Gasteiger partial charge < -0.3 is 29.4 Å². The summed E-state index contributed by atoms with van der Waals surface area (Å²) in [6.45, 7) is 0.622. The molecule has 1 aliphatic heterocycles. The maximum absolute atomic E-state index is 12.9. The summed E-state index contributed by atoms with van der Waals surface area (Å²) in [6, 6.07) is 7.54. The second-order valence-electron chi connectivity index (χ2n) is 7.48. The van der Waals surface area contributed by atoms with E-state index in [1.807, 2.05) is 11.9 Å². The summed E-state index contributed by atoms with van der Waals surface area (Å²) in [4.78, 5) is 14.9. The molecule has 8 heteroatoms. The molecule has 0 amide bonds. The van der Waals surface area contributed by atoms with E-state index in [1.165, 1.54) is 12.1 Å². The third-order valence-electron chi connectivity index (χ3n) is 5.82. The molecule has 7 nitrogen and oxygen atoms in total. The van der Waals surface area contributed by atoms with E-state index in [9.17, 15) is 20.1 Å². The molecule has 3 N–H and O–H groups in total. The summed E-state index contributed by atoms with van der Waals surface area (Å²) in [5.74, 6) is 0.103. The molecule has 1 aliphatic rings. The highest BCUT2D eigenvalue weighted by Crippen LogP contribution is 2.44. The van der Waals surface area contributed by atoms with Crippen molar-refractivity contribution in [1.82, 2.24) is 4.90 Å². The summed E-state index contributed by atoms with van der Waals surface area (Å²) in [5.41, 5.74) is 0.726. The molecule has 0 bridgehead atoms. The Labute approximate surface area is 181 Å². The monoisotopic (exact) mass is 475 g/mol. The number of fused-ring (bicyclic) bond motifs is 1. The molecule has 3 aromatic rings. The number of likely N-dealkylation sites (tertiary alicyclic amines) is 1. The lowest BCUT2D eigenvalue weighted by Gasteiger charge is -2.24. The molecule has 2 atom stereocenters. The normalized spacial score (nSPS) is 19.5. The maximum atomic E-state index is 12.9. The van der Waals surface area contributed by atoms with Crippen molar-refractivity contribution in [2.24, 2.45) is 0 Å².